The summed E-state index contributed by atoms with van der Waals surface area (Å²) in [5, 5.41) is 3.45. The first-order valence-electron chi connectivity index (χ1n) is 7.35. The Kier molecular flexibility index (Phi) is 6.18. The van der Waals surface area contributed by atoms with Crippen LogP contribution in [0.4, 0.5) is 0 Å². The molecule has 0 saturated carbocycles. The number of hydrogen-bond acceptors (Lipinski definition) is 6. The summed E-state index contributed by atoms with van der Waals surface area (Å²) >= 11 is 0. The monoisotopic (exact) mass is 327 g/mol. The molecule has 0 aromatic carbocycles. The zero-order chi connectivity index (χ0) is 17.8. The fourth-order valence-electron chi connectivity index (χ4n) is 2.36. The van der Waals surface area contributed by atoms with Crippen molar-refractivity contribution in [2.75, 3.05) is 13.7 Å². The average Bonchev–Trinajstić information content (AvgIpc) is 2.82. The highest BCUT2D eigenvalue weighted by molar-refractivity contribution is 5.76. The summed E-state index contributed by atoms with van der Waals surface area (Å²) in [6, 6.07) is -1.07. The van der Waals surface area contributed by atoms with Gasteiger partial charge in [0.1, 0.15) is 6.10 Å². The molecule has 1 aliphatic heterocycles. The van der Waals surface area contributed by atoms with Gasteiger partial charge in [0, 0.05) is 4.91 Å². The average molecular weight is 327 g/mol. The Morgan fingerprint density at radius 3 is 2.57 bits per heavy atom. The highest BCUT2D eigenvalue weighted by atomic mass is 16.7. The molecule has 130 valence electrons. The molecule has 8 heteroatoms. The first-order chi connectivity index (χ1) is 10.5. The van der Waals surface area contributed by atoms with E-state index in [0.717, 1.165) is 0 Å². The molecular weight excluding hydrogens is 302 g/mol. The zero-order valence-electron chi connectivity index (χ0n) is 14.5. The van der Waals surface area contributed by atoms with Gasteiger partial charge in [-0.05, 0) is 45.7 Å². The van der Waals surface area contributed by atoms with Crippen LogP contribution in [0, 0.1) is 0 Å². The minimum absolute atomic E-state index is 0.316. The van der Waals surface area contributed by atoms with Gasteiger partial charge < -0.3 is 18.9 Å². The number of azide groups is 1. The smallest absolute Gasteiger partial charge is 0.317 e. The number of ether oxygens (including phenoxy) is 4. The second-order valence-electron chi connectivity index (χ2n) is 6.35. The second-order valence-corrected chi connectivity index (χ2v) is 6.35. The fourth-order valence-corrected chi connectivity index (χ4v) is 2.36. The molecule has 1 fully saturated rings. The van der Waals surface area contributed by atoms with E-state index in [-0.39, 0.29) is 6.10 Å². The molecule has 0 spiro atoms. The topological polar surface area (TPSA) is 103 Å². The number of nitrogens with zero attached hydrogens (tertiary/aromatic N) is 3. The molecule has 1 saturated heterocycles. The van der Waals surface area contributed by atoms with Gasteiger partial charge in [-0.1, -0.05) is 11.7 Å². The summed E-state index contributed by atoms with van der Waals surface area (Å²) in [6.07, 6.45) is -1.01. The second kappa shape index (κ2) is 7.31. The van der Waals surface area contributed by atoms with Gasteiger partial charge in [0.15, 0.2) is 11.8 Å². The van der Waals surface area contributed by atoms with Crippen molar-refractivity contribution >= 4 is 5.97 Å². The molecule has 8 nitrogen and oxygen atoms in total. The predicted molar refractivity (Wildman–Crippen MR) is 83.6 cm³/mol. The van der Waals surface area contributed by atoms with E-state index in [2.05, 4.69) is 21.3 Å². The Morgan fingerprint density at radius 1 is 1.52 bits per heavy atom. The van der Waals surface area contributed by atoms with E-state index in [1.807, 2.05) is 27.7 Å². The van der Waals surface area contributed by atoms with Crippen LogP contribution < -0.4 is 0 Å². The number of carbonyl (C=O) groups excluding carboxylic acids is 1. The van der Waals surface area contributed by atoms with Crippen LogP contribution in [-0.4, -0.2) is 49.3 Å². The van der Waals surface area contributed by atoms with Crippen molar-refractivity contribution in [2.45, 2.75) is 64.3 Å². The molecule has 0 amide bonds. The molecule has 0 aliphatic carbocycles. The maximum atomic E-state index is 11.7. The molecule has 1 aliphatic rings. The molecular formula is C15H25N3O5. The van der Waals surface area contributed by atoms with Gasteiger partial charge in [-0.25, -0.2) is 0 Å². The van der Waals surface area contributed by atoms with Crippen LogP contribution in [0.15, 0.2) is 17.3 Å². The first kappa shape index (κ1) is 19.4. The molecule has 0 aromatic rings. The molecule has 0 radical (unpaired) electrons. The van der Waals surface area contributed by atoms with E-state index >= 15 is 0 Å². The van der Waals surface area contributed by atoms with Crippen LogP contribution in [0.3, 0.4) is 0 Å². The minimum Gasteiger partial charge on any atom is -0.469 e. The largest absolute Gasteiger partial charge is 0.469 e. The molecule has 0 bridgehead atoms. The van der Waals surface area contributed by atoms with Crippen molar-refractivity contribution < 1.29 is 23.7 Å². The SMILES string of the molecule is C=C([C@H]1COC(C)(C)O1)C(C)(C)OC(C)[C@H](N=[N+]=[N-])C(=O)OC. The third-order valence-electron chi connectivity index (χ3n) is 3.71. The highest BCUT2D eigenvalue weighted by Crippen LogP contribution is 2.33. The van der Waals surface area contributed by atoms with Crippen LogP contribution in [0.25, 0.3) is 10.4 Å². The Balaban J connectivity index is 2.81. The predicted octanol–water partition coefficient (Wildman–Crippen LogP) is 2.73. The Labute approximate surface area is 136 Å². The van der Waals surface area contributed by atoms with Gasteiger partial charge >= 0.3 is 5.97 Å². The number of hydrogen-bond donors (Lipinski definition) is 0. The molecule has 0 aromatic heterocycles. The van der Waals surface area contributed by atoms with Crippen LogP contribution in [0.2, 0.25) is 0 Å². The summed E-state index contributed by atoms with van der Waals surface area (Å²) in [5.41, 5.74) is 8.47. The highest BCUT2D eigenvalue weighted by Gasteiger charge is 2.41. The van der Waals surface area contributed by atoms with Crippen molar-refractivity contribution in [3.63, 3.8) is 0 Å². The van der Waals surface area contributed by atoms with Crippen LogP contribution >= 0.6 is 0 Å². The standard InChI is InChI=1S/C15H25N3O5/c1-9(11-8-21-15(5,6)23-11)14(3,4)22-10(2)12(17-18-16)13(19)20-7/h10-12H,1,8H2,2-7H3/t10?,11-,12+/m1/s1. The minimum atomic E-state index is -1.07. The van der Waals surface area contributed by atoms with Gasteiger partial charge in [-0.15, -0.1) is 0 Å². The molecule has 0 N–H and O–H groups in total. The number of carbonyl (C=O) groups is 1. The zero-order valence-corrected chi connectivity index (χ0v) is 14.5. The summed E-state index contributed by atoms with van der Waals surface area (Å²) in [7, 11) is 1.23. The molecule has 3 atom stereocenters. The maximum Gasteiger partial charge on any atom is 0.317 e. The lowest BCUT2D eigenvalue weighted by Crippen LogP contribution is -2.42. The molecule has 23 heavy (non-hydrogen) atoms. The normalized spacial score (nSPS) is 22.8. The lowest BCUT2D eigenvalue weighted by molar-refractivity contribution is -0.150. The van der Waals surface area contributed by atoms with Gasteiger partial charge in [-0.3, -0.25) is 4.79 Å². The Bertz CT molecular complexity index is 511. The lowest BCUT2D eigenvalue weighted by atomic mass is 9.94. The van der Waals surface area contributed by atoms with Gasteiger partial charge in [-0.2, -0.15) is 0 Å². The summed E-state index contributed by atoms with van der Waals surface area (Å²) < 4.78 is 21.9. The van der Waals surface area contributed by atoms with E-state index in [1.54, 1.807) is 6.92 Å². The quantitative estimate of drug-likeness (QED) is 0.235. The number of esters is 1. The third-order valence-corrected chi connectivity index (χ3v) is 3.71. The third kappa shape index (κ3) is 4.94. The van der Waals surface area contributed by atoms with E-state index in [4.69, 9.17) is 19.7 Å². The molecule has 1 heterocycles. The summed E-state index contributed by atoms with van der Waals surface area (Å²) in [4.78, 5) is 14.4. The van der Waals surface area contributed by atoms with Gasteiger partial charge in [0.25, 0.3) is 0 Å². The Hall–Kier alpha value is -1.60. The van der Waals surface area contributed by atoms with Crippen molar-refractivity contribution in [2.24, 2.45) is 5.11 Å². The van der Waals surface area contributed by atoms with E-state index < -0.39 is 29.5 Å². The maximum absolute atomic E-state index is 11.7. The van der Waals surface area contributed by atoms with Crippen LogP contribution in [0.1, 0.15) is 34.6 Å². The molecule has 1 unspecified atom stereocenters. The summed E-state index contributed by atoms with van der Waals surface area (Å²) in [6.45, 7) is 13.3. The number of rotatable bonds is 7. The van der Waals surface area contributed by atoms with Gasteiger partial charge in [0.2, 0.25) is 0 Å². The Morgan fingerprint density at radius 2 is 2.13 bits per heavy atom. The summed E-state index contributed by atoms with van der Waals surface area (Å²) in [5.74, 6) is -1.33. The van der Waals surface area contributed by atoms with Crippen LogP contribution in [-0.2, 0) is 23.7 Å². The fraction of sp³-hybridized carbons (Fsp3) is 0.800. The van der Waals surface area contributed by atoms with E-state index in [0.29, 0.717) is 12.2 Å². The first-order valence-corrected chi connectivity index (χ1v) is 7.35. The van der Waals surface area contributed by atoms with Crippen molar-refractivity contribution in [3.05, 3.63) is 22.6 Å². The lowest BCUT2D eigenvalue weighted by Gasteiger charge is -2.34. The van der Waals surface area contributed by atoms with E-state index in [1.165, 1.54) is 7.11 Å². The van der Waals surface area contributed by atoms with Crippen molar-refractivity contribution in [1.29, 1.82) is 0 Å². The van der Waals surface area contributed by atoms with Crippen molar-refractivity contribution in [1.82, 2.24) is 0 Å². The molecule has 1 rings (SSSR count). The van der Waals surface area contributed by atoms with E-state index in [9.17, 15) is 4.79 Å². The van der Waals surface area contributed by atoms with Gasteiger partial charge in [0.05, 0.1) is 25.4 Å². The van der Waals surface area contributed by atoms with Crippen LogP contribution in [0.5, 0.6) is 0 Å². The van der Waals surface area contributed by atoms with Crippen molar-refractivity contribution in [3.8, 4) is 0 Å². The number of methoxy groups -OCH3 is 1.